The average Bonchev–Trinajstić information content (AvgIpc) is 2.37. The number of rotatable bonds is 8. The van der Waals surface area contributed by atoms with Gasteiger partial charge in [0.2, 0.25) is 0 Å². The van der Waals surface area contributed by atoms with E-state index in [9.17, 15) is 13.2 Å². The Balaban J connectivity index is 2.89. The van der Waals surface area contributed by atoms with Gasteiger partial charge in [0.15, 0.2) is 0 Å². The molecule has 0 spiro atoms. The third kappa shape index (κ3) is 5.85. The molecule has 1 aromatic rings. The van der Waals surface area contributed by atoms with Crippen LogP contribution >= 0.6 is 0 Å². The fourth-order valence-corrected chi connectivity index (χ4v) is 2.99. The summed E-state index contributed by atoms with van der Waals surface area (Å²) in [6.45, 7) is 5.76. The maximum atomic E-state index is 12.2. The molecule has 0 heterocycles. The van der Waals surface area contributed by atoms with Crippen molar-refractivity contribution in [2.45, 2.75) is 51.0 Å². The molecule has 2 atom stereocenters. The van der Waals surface area contributed by atoms with Crippen LogP contribution in [0.4, 0.5) is 0 Å². The highest BCUT2D eigenvalue weighted by atomic mass is 32.2. The molecular formula is C15H22O5S. The van der Waals surface area contributed by atoms with Gasteiger partial charge in [0.25, 0.3) is 10.1 Å². The van der Waals surface area contributed by atoms with Gasteiger partial charge in [-0.25, -0.2) is 0 Å². The van der Waals surface area contributed by atoms with E-state index in [1.165, 1.54) is 12.1 Å². The summed E-state index contributed by atoms with van der Waals surface area (Å²) < 4.78 is 29.5. The Labute approximate surface area is 126 Å². The summed E-state index contributed by atoms with van der Waals surface area (Å²) in [6, 6.07) is 6.28. The second-order valence-corrected chi connectivity index (χ2v) is 6.90. The summed E-state index contributed by atoms with van der Waals surface area (Å²) in [5.41, 5.74) is 0.940. The van der Waals surface area contributed by atoms with Crippen LogP contribution in [0.5, 0.6) is 0 Å². The van der Waals surface area contributed by atoms with Crippen molar-refractivity contribution in [3.63, 3.8) is 0 Å². The Kier molecular flexibility index (Phi) is 6.36. The first-order valence-electron chi connectivity index (χ1n) is 6.96. The molecule has 0 aliphatic carbocycles. The number of aliphatic carboxylic acids is 1. The van der Waals surface area contributed by atoms with Crippen LogP contribution in [0.3, 0.4) is 0 Å². The van der Waals surface area contributed by atoms with Crippen LogP contribution < -0.4 is 0 Å². The molecule has 5 nitrogen and oxygen atoms in total. The topological polar surface area (TPSA) is 80.7 Å². The van der Waals surface area contributed by atoms with Crippen LogP contribution in [0.1, 0.15) is 38.7 Å². The number of hydrogen-bond acceptors (Lipinski definition) is 4. The minimum Gasteiger partial charge on any atom is -0.481 e. The number of aryl methyl sites for hydroxylation is 1. The Morgan fingerprint density at radius 3 is 2.33 bits per heavy atom. The minimum absolute atomic E-state index is 0.0487. The first kappa shape index (κ1) is 17.7. The summed E-state index contributed by atoms with van der Waals surface area (Å²) >= 11 is 0. The first-order chi connectivity index (χ1) is 9.74. The molecule has 118 valence electrons. The molecule has 0 saturated heterocycles. The molecule has 0 radical (unpaired) electrons. The lowest BCUT2D eigenvalue weighted by Crippen LogP contribution is -2.24. The summed E-state index contributed by atoms with van der Waals surface area (Å²) in [7, 11) is -3.94. The van der Waals surface area contributed by atoms with E-state index in [1.54, 1.807) is 12.1 Å². The third-order valence-corrected chi connectivity index (χ3v) is 4.71. The predicted molar refractivity (Wildman–Crippen MR) is 79.6 cm³/mol. The van der Waals surface area contributed by atoms with Crippen molar-refractivity contribution in [1.29, 1.82) is 0 Å². The average molecular weight is 314 g/mol. The summed E-state index contributed by atoms with van der Waals surface area (Å²) in [4.78, 5) is 10.9. The Hall–Kier alpha value is -1.40. The summed E-state index contributed by atoms with van der Waals surface area (Å²) in [5, 5.41) is 8.90. The van der Waals surface area contributed by atoms with E-state index in [-0.39, 0.29) is 17.2 Å². The molecule has 0 bridgehead atoms. The molecule has 0 aliphatic rings. The predicted octanol–water partition coefficient (Wildman–Crippen LogP) is 2.98. The molecule has 0 aromatic heterocycles. The van der Waals surface area contributed by atoms with Crippen LogP contribution in [0.2, 0.25) is 0 Å². The van der Waals surface area contributed by atoms with Crippen molar-refractivity contribution in [1.82, 2.24) is 0 Å². The number of benzene rings is 1. The third-order valence-electron chi connectivity index (χ3n) is 3.34. The van der Waals surface area contributed by atoms with Gasteiger partial charge in [-0.3, -0.25) is 8.98 Å². The molecule has 1 aromatic carbocycles. The van der Waals surface area contributed by atoms with Gasteiger partial charge < -0.3 is 5.11 Å². The van der Waals surface area contributed by atoms with Gasteiger partial charge in [-0.2, -0.15) is 8.42 Å². The molecule has 21 heavy (non-hydrogen) atoms. The van der Waals surface area contributed by atoms with E-state index in [4.69, 9.17) is 9.29 Å². The van der Waals surface area contributed by atoms with Gasteiger partial charge in [0.1, 0.15) is 0 Å². The second-order valence-electron chi connectivity index (χ2n) is 5.33. The highest BCUT2D eigenvalue weighted by Crippen LogP contribution is 2.21. The molecule has 0 fully saturated rings. The van der Waals surface area contributed by atoms with Crippen molar-refractivity contribution < 1.29 is 22.5 Å². The second kappa shape index (κ2) is 7.56. The maximum Gasteiger partial charge on any atom is 0.306 e. The largest absolute Gasteiger partial charge is 0.481 e. The smallest absolute Gasteiger partial charge is 0.306 e. The Morgan fingerprint density at radius 1 is 1.29 bits per heavy atom. The summed E-state index contributed by atoms with van der Waals surface area (Å²) in [5.74, 6) is -0.870. The van der Waals surface area contributed by atoms with Crippen molar-refractivity contribution in [3.8, 4) is 0 Å². The Bertz CT molecular complexity index is 562. The first-order valence-corrected chi connectivity index (χ1v) is 8.37. The van der Waals surface area contributed by atoms with Crippen molar-refractivity contribution in [2.24, 2.45) is 5.92 Å². The molecule has 1 N–H and O–H groups in total. The van der Waals surface area contributed by atoms with E-state index in [1.807, 2.05) is 20.8 Å². The molecule has 0 saturated carbocycles. The van der Waals surface area contributed by atoms with Gasteiger partial charge in [-0.15, -0.1) is 0 Å². The van der Waals surface area contributed by atoms with Gasteiger partial charge in [-0.05, 0) is 31.4 Å². The number of carbonyl (C=O) groups is 1. The lowest BCUT2D eigenvalue weighted by atomic mass is 9.99. The highest BCUT2D eigenvalue weighted by Gasteiger charge is 2.25. The van der Waals surface area contributed by atoms with E-state index in [0.717, 1.165) is 12.0 Å². The number of carboxylic acids is 1. The quantitative estimate of drug-likeness (QED) is 0.746. The van der Waals surface area contributed by atoms with Crippen LogP contribution in [0, 0.1) is 12.8 Å². The summed E-state index contributed by atoms with van der Waals surface area (Å²) in [6.07, 6.45) is 0.0664. The van der Waals surface area contributed by atoms with Crippen LogP contribution in [-0.4, -0.2) is 25.6 Å². The van der Waals surface area contributed by atoms with E-state index in [0.29, 0.717) is 6.42 Å². The lowest BCUT2D eigenvalue weighted by Gasteiger charge is -2.19. The van der Waals surface area contributed by atoms with Gasteiger partial charge in [0.05, 0.1) is 17.4 Å². The number of carboxylic acid groups (broad SMARTS) is 1. The minimum atomic E-state index is -3.94. The molecule has 1 rings (SSSR count). The molecule has 0 amide bonds. The molecule has 0 aliphatic heterocycles. The van der Waals surface area contributed by atoms with E-state index >= 15 is 0 Å². The van der Waals surface area contributed by atoms with Gasteiger partial charge >= 0.3 is 5.97 Å². The Morgan fingerprint density at radius 2 is 1.86 bits per heavy atom. The van der Waals surface area contributed by atoms with Crippen LogP contribution in [0.25, 0.3) is 0 Å². The monoisotopic (exact) mass is 314 g/mol. The fourth-order valence-electron chi connectivity index (χ4n) is 1.91. The van der Waals surface area contributed by atoms with Crippen molar-refractivity contribution in [3.05, 3.63) is 29.8 Å². The lowest BCUT2D eigenvalue weighted by molar-refractivity contribution is -0.138. The zero-order valence-electron chi connectivity index (χ0n) is 12.6. The molecule has 6 heteroatoms. The van der Waals surface area contributed by atoms with Crippen molar-refractivity contribution in [2.75, 3.05) is 0 Å². The SMILES string of the molecule is CC[C@@H](C)CC(CC(=O)O)OS(=O)(=O)c1ccc(C)cc1. The van der Waals surface area contributed by atoms with Gasteiger partial charge in [0, 0.05) is 0 Å². The normalized spacial score (nSPS) is 14.6. The zero-order valence-corrected chi connectivity index (χ0v) is 13.4. The zero-order chi connectivity index (χ0) is 16.0. The van der Waals surface area contributed by atoms with E-state index in [2.05, 4.69) is 0 Å². The van der Waals surface area contributed by atoms with Crippen LogP contribution in [0.15, 0.2) is 29.2 Å². The standard InChI is InChI=1S/C15H22O5S/c1-4-11(2)9-13(10-15(16)17)20-21(18,19)14-7-5-12(3)6-8-14/h5-8,11,13H,4,9-10H2,1-3H3,(H,16,17)/t11-,13?/m1/s1. The fraction of sp³-hybridized carbons (Fsp3) is 0.533. The van der Waals surface area contributed by atoms with Crippen molar-refractivity contribution >= 4 is 16.1 Å². The molecule has 1 unspecified atom stereocenters. The highest BCUT2D eigenvalue weighted by molar-refractivity contribution is 7.86. The van der Waals surface area contributed by atoms with Gasteiger partial charge in [-0.1, -0.05) is 38.0 Å². The molecular weight excluding hydrogens is 292 g/mol. The van der Waals surface area contributed by atoms with Crippen LogP contribution in [-0.2, 0) is 19.1 Å². The maximum absolute atomic E-state index is 12.2. The van der Waals surface area contributed by atoms with E-state index < -0.39 is 22.2 Å². The number of hydrogen-bond donors (Lipinski definition) is 1.